The number of nitrogens with two attached hydrogens (primary N) is 1. The zero-order chi connectivity index (χ0) is 14.8. The molecule has 1 fully saturated rings. The van der Waals surface area contributed by atoms with E-state index in [1.165, 1.54) is 18.4 Å². The molecule has 1 aliphatic rings. The fourth-order valence-corrected chi connectivity index (χ4v) is 3.32. The van der Waals surface area contributed by atoms with E-state index in [0.29, 0.717) is 23.4 Å². The van der Waals surface area contributed by atoms with Crippen LogP contribution >= 0.6 is 0 Å². The van der Waals surface area contributed by atoms with E-state index in [1.54, 1.807) is 0 Å². The molecule has 0 aliphatic heterocycles. The molecule has 0 spiro atoms. The highest BCUT2D eigenvalue weighted by Crippen LogP contribution is 2.40. The van der Waals surface area contributed by atoms with Crippen molar-refractivity contribution < 1.29 is 0 Å². The minimum Gasteiger partial charge on any atom is -0.327 e. The Morgan fingerprint density at radius 1 is 1.25 bits per heavy atom. The normalized spacial score (nSPS) is 25.6. The van der Waals surface area contributed by atoms with Gasteiger partial charge < -0.3 is 5.73 Å². The number of benzene rings is 1. The van der Waals surface area contributed by atoms with Gasteiger partial charge in [-0.3, -0.25) is 4.90 Å². The van der Waals surface area contributed by atoms with Crippen molar-refractivity contribution in [3.63, 3.8) is 0 Å². The van der Waals surface area contributed by atoms with Crippen LogP contribution in [0.15, 0.2) is 30.3 Å². The molecule has 0 aromatic heterocycles. The molecule has 1 aromatic carbocycles. The molecule has 1 aliphatic carbocycles. The van der Waals surface area contributed by atoms with Gasteiger partial charge in [-0.25, -0.2) is 0 Å². The molecule has 20 heavy (non-hydrogen) atoms. The molecule has 2 heteroatoms. The first-order valence-corrected chi connectivity index (χ1v) is 7.93. The maximum absolute atomic E-state index is 6.47. The van der Waals surface area contributed by atoms with Crippen LogP contribution in [-0.4, -0.2) is 23.5 Å². The molecule has 0 saturated heterocycles. The van der Waals surface area contributed by atoms with Crippen LogP contribution in [0, 0.1) is 11.3 Å². The fraction of sp³-hybridized carbons (Fsp3) is 0.667. The van der Waals surface area contributed by atoms with E-state index < -0.39 is 0 Å². The first kappa shape index (κ1) is 15.5. The summed E-state index contributed by atoms with van der Waals surface area (Å²) >= 11 is 0. The largest absolute Gasteiger partial charge is 0.327 e. The summed E-state index contributed by atoms with van der Waals surface area (Å²) in [5, 5.41) is 0. The third kappa shape index (κ3) is 3.62. The molecule has 112 valence electrons. The molecule has 2 unspecified atom stereocenters. The first-order valence-electron chi connectivity index (χ1n) is 7.93. The van der Waals surface area contributed by atoms with Crippen molar-refractivity contribution in [2.45, 2.75) is 59.2 Å². The van der Waals surface area contributed by atoms with Gasteiger partial charge in [-0.05, 0) is 43.6 Å². The van der Waals surface area contributed by atoms with Gasteiger partial charge in [0, 0.05) is 25.2 Å². The number of hydrogen-bond donors (Lipinski definition) is 1. The van der Waals surface area contributed by atoms with E-state index >= 15 is 0 Å². The van der Waals surface area contributed by atoms with E-state index in [9.17, 15) is 0 Å². The third-order valence-electron chi connectivity index (χ3n) is 5.00. The number of hydrogen-bond acceptors (Lipinski definition) is 2. The summed E-state index contributed by atoms with van der Waals surface area (Å²) in [6.45, 7) is 11.4. The van der Waals surface area contributed by atoms with Gasteiger partial charge in [0.1, 0.15) is 0 Å². The molecular formula is C18H30N2. The predicted octanol–water partition coefficient (Wildman–Crippen LogP) is 3.66. The summed E-state index contributed by atoms with van der Waals surface area (Å²) in [5.41, 5.74) is 8.17. The lowest BCUT2D eigenvalue weighted by atomic mass is 9.85. The second kappa shape index (κ2) is 6.28. The molecule has 2 N–H and O–H groups in total. The Balaban J connectivity index is 2.00. The summed E-state index contributed by atoms with van der Waals surface area (Å²) in [6, 6.07) is 11.7. The van der Waals surface area contributed by atoms with Crippen LogP contribution in [0.2, 0.25) is 0 Å². The molecule has 2 atom stereocenters. The minimum atomic E-state index is 0.306. The zero-order valence-electron chi connectivity index (χ0n) is 13.5. The van der Waals surface area contributed by atoms with E-state index in [0.717, 1.165) is 13.1 Å². The van der Waals surface area contributed by atoms with Crippen molar-refractivity contribution >= 4 is 0 Å². The Kier molecular flexibility index (Phi) is 4.87. The van der Waals surface area contributed by atoms with Crippen molar-refractivity contribution in [2.75, 3.05) is 6.54 Å². The van der Waals surface area contributed by atoms with Gasteiger partial charge in [0.25, 0.3) is 0 Å². The molecule has 0 radical (unpaired) electrons. The van der Waals surface area contributed by atoms with Crippen LogP contribution in [0.25, 0.3) is 0 Å². The average molecular weight is 274 g/mol. The third-order valence-corrected chi connectivity index (χ3v) is 5.00. The summed E-state index contributed by atoms with van der Waals surface area (Å²) in [4.78, 5) is 2.57. The van der Waals surface area contributed by atoms with Crippen LogP contribution in [0.4, 0.5) is 0 Å². The maximum atomic E-state index is 6.47. The van der Waals surface area contributed by atoms with Gasteiger partial charge in [0.15, 0.2) is 0 Å². The lowest BCUT2D eigenvalue weighted by Gasteiger charge is -2.33. The average Bonchev–Trinajstić information content (AvgIpc) is 2.66. The maximum Gasteiger partial charge on any atom is 0.0236 e. The van der Waals surface area contributed by atoms with E-state index in [-0.39, 0.29) is 0 Å². The Hall–Kier alpha value is -0.860. The van der Waals surface area contributed by atoms with Crippen molar-refractivity contribution in [3.05, 3.63) is 35.9 Å². The summed E-state index contributed by atoms with van der Waals surface area (Å²) < 4.78 is 0. The molecule has 2 nitrogen and oxygen atoms in total. The standard InChI is InChI=1S/C18H30N2/c1-14(2)20(12-15-8-6-5-7-9-15)13-16-10-11-18(3,4)17(16)19/h5-9,14,16-17H,10-13,19H2,1-4H3. The molecule has 0 bridgehead atoms. The highest BCUT2D eigenvalue weighted by atomic mass is 15.1. The van der Waals surface area contributed by atoms with Crippen molar-refractivity contribution in [2.24, 2.45) is 17.1 Å². The molecule has 2 rings (SSSR count). The number of rotatable bonds is 5. The van der Waals surface area contributed by atoms with Gasteiger partial charge in [-0.15, -0.1) is 0 Å². The highest BCUT2D eigenvalue weighted by Gasteiger charge is 2.40. The lowest BCUT2D eigenvalue weighted by Crippen LogP contribution is -2.43. The van der Waals surface area contributed by atoms with Gasteiger partial charge in [0.2, 0.25) is 0 Å². The second-order valence-electron chi connectivity index (χ2n) is 7.32. The van der Waals surface area contributed by atoms with Gasteiger partial charge in [-0.1, -0.05) is 44.2 Å². The first-order chi connectivity index (χ1) is 9.40. The Morgan fingerprint density at radius 2 is 1.90 bits per heavy atom. The van der Waals surface area contributed by atoms with E-state index in [4.69, 9.17) is 5.73 Å². The quantitative estimate of drug-likeness (QED) is 0.888. The molecular weight excluding hydrogens is 244 g/mol. The summed E-state index contributed by atoms with van der Waals surface area (Å²) in [6.07, 6.45) is 2.53. The Morgan fingerprint density at radius 3 is 2.40 bits per heavy atom. The van der Waals surface area contributed by atoms with Gasteiger partial charge in [-0.2, -0.15) is 0 Å². The monoisotopic (exact) mass is 274 g/mol. The van der Waals surface area contributed by atoms with E-state index in [2.05, 4.69) is 62.9 Å². The van der Waals surface area contributed by atoms with Gasteiger partial charge in [0.05, 0.1) is 0 Å². The smallest absolute Gasteiger partial charge is 0.0236 e. The van der Waals surface area contributed by atoms with Crippen LogP contribution in [-0.2, 0) is 6.54 Å². The van der Waals surface area contributed by atoms with Gasteiger partial charge >= 0.3 is 0 Å². The molecule has 0 amide bonds. The molecule has 0 heterocycles. The fourth-order valence-electron chi connectivity index (χ4n) is 3.32. The van der Waals surface area contributed by atoms with Crippen LogP contribution in [0.1, 0.15) is 46.1 Å². The van der Waals surface area contributed by atoms with Crippen molar-refractivity contribution in [3.8, 4) is 0 Å². The van der Waals surface area contributed by atoms with Crippen LogP contribution in [0.3, 0.4) is 0 Å². The summed E-state index contributed by atoms with van der Waals surface area (Å²) in [7, 11) is 0. The lowest BCUT2D eigenvalue weighted by molar-refractivity contribution is 0.163. The SMILES string of the molecule is CC(C)N(Cc1ccccc1)CC1CCC(C)(C)C1N. The zero-order valence-corrected chi connectivity index (χ0v) is 13.5. The minimum absolute atomic E-state index is 0.306. The van der Waals surface area contributed by atoms with Crippen molar-refractivity contribution in [1.29, 1.82) is 0 Å². The topological polar surface area (TPSA) is 29.3 Å². The number of nitrogens with zero attached hydrogens (tertiary/aromatic N) is 1. The second-order valence-corrected chi connectivity index (χ2v) is 7.32. The predicted molar refractivity (Wildman–Crippen MR) is 86.5 cm³/mol. The van der Waals surface area contributed by atoms with Crippen LogP contribution < -0.4 is 5.73 Å². The molecule has 1 saturated carbocycles. The van der Waals surface area contributed by atoms with Crippen molar-refractivity contribution in [1.82, 2.24) is 4.90 Å². The van der Waals surface area contributed by atoms with Crippen LogP contribution in [0.5, 0.6) is 0 Å². The summed E-state index contributed by atoms with van der Waals surface area (Å²) in [5.74, 6) is 0.635. The Bertz CT molecular complexity index is 411. The Labute approximate surface area is 124 Å². The molecule has 1 aromatic rings. The van der Waals surface area contributed by atoms with E-state index in [1.807, 2.05) is 0 Å². The highest BCUT2D eigenvalue weighted by molar-refractivity contribution is 5.14.